The minimum absolute atomic E-state index is 0.000639. The van der Waals surface area contributed by atoms with Crippen molar-refractivity contribution >= 4 is 0 Å². The van der Waals surface area contributed by atoms with Gasteiger partial charge in [-0.25, -0.2) is 0 Å². The zero-order valence-corrected chi connectivity index (χ0v) is 13.1. The lowest BCUT2D eigenvalue weighted by Crippen LogP contribution is -2.48. The summed E-state index contributed by atoms with van der Waals surface area (Å²) in [7, 11) is -2.13. The Bertz CT molecular complexity index is 1300. The number of hydrogen-bond donors (Lipinski definition) is 1. The number of hydrogen-bond acceptors (Lipinski definition) is 4. The molecular formula is C20H31NO3. The van der Waals surface area contributed by atoms with Crippen LogP contribution in [0.4, 0.5) is 0 Å². The Labute approximate surface area is 173 Å². The second-order valence-electron chi connectivity index (χ2n) is 5.52. The molecule has 24 heavy (non-hydrogen) atoms. The molecule has 3 rings (SSSR count). The summed E-state index contributed by atoms with van der Waals surface area (Å²) in [4.78, 5) is -0.000639. The van der Waals surface area contributed by atoms with E-state index in [1.165, 1.54) is 0 Å². The van der Waals surface area contributed by atoms with E-state index in [1.807, 2.05) is 0 Å². The van der Waals surface area contributed by atoms with E-state index < -0.39 is 98.9 Å². The fraction of sp³-hybridized carbons (Fsp3) is 0.700. The van der Waals surface area contributed by atoms with Crippen LogP contribution in [0.25, 0.3) is 0 Å². The van der Waals surface area contributed by atoms with Gasteiger partial charge >= 0.3 is 0 Å². The molecule has 0 radical (unpaired) electrons. The van der Waals surface area contributed by atoms with E-state index >= 15 is 0 Å². The van der Waals surface area contributed by atoms with Crippen molar-refractivity contribution < 1.29 is 42.0 Å². The molecule has 3 atom stereocenters. The molecule has 2 aliphatic rings. The number of aliphatic hydroxyl groups is 1. The molecule has 1 N–H and O–H groups in total. The van der Waals surface area contributed by atoms with E-state index in [2.05, 4.69) is 0 Å². The number of fused-ring (bicyclic) bond motifs is 3. The molecule has 0 saturated carbocycles. The Hall–Kier alpha value is -1.26. The summed E-state index contributed by atoms with van der Waals surface area (Å²) < 4.78 is 176. The number of rotatable bonds is 3. The normalized spacial score (nSPS) is 57.3. The van der Waals surface area contributed by atoms with Gasteiger partial charge in [0.2, 0.25) is 0 Å². The van der Waals surface area contributed by atoms with Gasteiger partial charge in [0.25, 0.3) is 0 Å². The van der Waals surface area contributed by atoms with Crippen molar-refractivity contribution in [3.8, 4) is 11.5 Å². The molecule has 1 aromatic rings. The zero-order chi connectivity index (χ0) is 34.9. The highest BCUT2D eigenvalue weighted by atomic mass is 16.5. The average molecular weight is 354 g/mol. The van der Waals surface area contributed by atoms with Gasteiger partial charge in [-0.05, 0) is 53.7 Å². The van der Waals surface area contributed by atoms with E-state index in [0.717, 1.165) is 13.2 Å². The van der Waals surface area contributed by atoms with Gasteiger partial charge in [-0.2, -0.15) is 0 Å². The van der Waals surface area contributed by atoms with Crippen LogP contribution in [-0.2, 0) is 6.37 Å². The van der Waals surface area contributed by atoms with E-state index in [4.69, 9.17) is 35.5 Å². The van der Waals surface area contributed by atoms with E-state index in [-0.39, 0.29) is 4.90 Å². The Kier molecular flexibility index (Phi) is 1.47. The number of benzene rings is 1. The van der Waals surface area contributed by atoms with E-state index in [9.17, 15) is 6.48 Å². The van der Waals surface area contributed by atoms with Crippen LogP contribution in [0.1, 0.15) is 77.9 Å². The molecule has 2 aliphatic heterocycles. The Morgan fingerprint density at radius 1 is 1.46 bits per heavy atom. The first kappa shape index (κ1) is 5.37. The van der Waals surface area contributed by atoms with Crippen LogP contribution in [-0.4, -0.2) is 43.3 Å². The maximum atomic E-state index is 11.5. The molecule has 1 aromatic carbocycles. The highest BCUT2D eigenvalue weighted by molar-refractivity contribution is 5.49. The van der Waals surface area contributed by atoms with Crippen LogP contribution in [0.3, 0.4) is 0 Å². The summed E-state index contributed by atoms with van der Waals surface area (Å²) in [6.07, 6.45) is -15.7. The smallest absolute Gasteiger partial charge is 0.161 e. The van der Waals surface area contributed by atoms with Gasteiger partial charge in [0.15, 0.2) is 11.5 Å². The molecule has 1 saturated heterocycles. The maximum Gasteiger partial charge on any atom is 0.161 e. The fourth-order valence-electron chi connectivity index (χ4n) is 2.50. The standard InChI is InChI=1S/C20H31NO3/c1-20(2,3)11-14-12-21-7-6-13-8-18(23-4)19(24-5)9-15(13)16(21)10-17(14)22/h8-9,14,16-17,22H,6-7,10-12H2,1-5H3/i1D3,2D3,4D3,6D2,7D2,10D2,11D2,14D,16D,17D. The van der Waals surface area contributed by atoms with Gasteiger partial charge < -0.3 is 14.6 Å². The third kappa shape index (κ3) is 3.40. The minimum Gasteiger partial charge on any atom is -0.493 e. The molecule has 2 heterocycles. The summed E-state index contributed by atoms with van der Waals surface area (Å²) in [5.41, 5.74) is -5.31. The predicted octanol–water partition coefficient (Wildman–Crippen LogP) is 3.42. The predicted molar refractivity (Wildman–Crippen MR) is 95.7 cm³/mol. The molecule has 4 nitrogen and oxygen atoms in total. The highest BCUT2D eigenvalue weighted by Crippen LogP contribution is 2.44. The highest BCUT2D eigenvalue weighted by Gasteiger charge is 2.39. The van der Waals surface area contributed by atoms with Gasteiger partial charge in [0.1, 0.15) is 0 Å². The average Bonchev–Trinajstić information content (AvgIpc) is 2.81. The van der Waals surface area contributed by atoms with Crippen molar-refractivity contribution in [3.05, 3.63) is 23.3 Å². The van der Waals surface area contributed by atoms with Crippen LogP contribution in [0, 0.1) is 11.3 Å². The summed E-state index contributed by atoms with van der Waals surface area (Å²) in [5, 5.41) is 11.5. The Morgan fingerprint density at radius 3 is 2.96 bits per heavy atom. The van der Waals surface area contributed by atoms with Crippen LogP contribution < -0.4 is 9.47 Å². The van der Waals surface area contributed by atoms with Crippen molar-refractivity contribution in [2.75, 3.05) is 27.2 Å². The number of aryl methyl sites for hydroxylation is 1. The lowest BCUT2D eigenvalue weighted by Gasteiger charge is -2.47. The lowest BCUT2D eigenvalue weighted by molar-refractivity contribution is -0.0259. The van der Waals surface area contributed by atoms with Gasteiger partial charge in [-0.1, -0.05) is 20.6 Å². The van der Waals surface area contributed by atoms with Crippen molar-refractivity contribution in [1.82, 2.24) is 4.90 Å². The Morgan fingerprint density at radius 2 is 2.25 bits per heavy atom. The molecule has 134 valence electrons. The number of ether oxygens (including phenoxy) is 2. The molecule has 0 aliphatic carbocycles. The molecule has 4 heteroatoms. The largest absolute Gasteiger partial charge is 0.493 e. The first-order valence-corrected chi connectivity index (χ1v) is 7.02. The van der Waals surface area contributed by atoms with Gasteiger partial charge in [0, 0.05) is 39.6 Å². The van der Waals surface area contributed by atoms with Crippen LogP contribution >= 0.6 is 0 Å². The van der Waals surface area contributed by atoms with Gasteiger partial charge in [-0.3, -0.25) is 4.90 Å². The SMILES string of the molecule is [2H]C([2H])([2H])Oc1cc2c(cc1OC)C1([2H])N(CC([2H])(C([2H])([2H])C(C)(C([2H])([2H])[2H])C([2H])([2H])[2H])C([2H])(O)C1([2H])[2H])C([2H])([2H])C2([2H])[2H]. The maximum absolute atomic E-state index is 11.5. The molecule has 3 unspecified atom stereocenters. The fourth-order valence-corrected chi connectivity index (χ4v) is 2.50. The minimum atomic E-state index is -4.24. The summed E-state index contributed by atoms with van der Waals surface area (Å²) in [6, 6.07) is -2.07. The first-order chi connectivity index (χ1) is 19.1. The zero-order valence-electron chi connectivity index (χ0n) is 33.1. The molecule has 0 spiro atoms. The third-order valence-electron chi connectivity index (χ3n) is 3.50. The molecule has 0 bridgehead atoms. The van der Waals surface area contributed by atoms with E-state index in [1.54, 1.807) is 0 Å². The summed E-state index contributed by atoms with van der Waals surface area (Å²) in [6.45, 7) is -12.6. The van der Waals surface area contributed by atoms with Gasteiger partial charge in [0.05, 0.1) is 27.1 Å². The van der Waals surface area contributed by atoms with Crippen molar-refractivity contribution in [3.63, 3.8) is 0 Å². The quantitative estimate of drug-likeness (QED) is 0.904. The van der Waals surface area contributed by atoms with Crippen LogP contribution in [0.2, 0.25) is 0 Å². The monoisotopic (exact) mass is 353 g/mol. The van der Waals surface area contributed by atoms with Crippen LogP contribution in [0.5, 0.6) is 11.5 Å². The van der Waals surface area contributed by atoms with E-state index in [0.29, 0.717) is 13.0 Å². The lowest BCUT2D eigenvalue weighted by atomic mass is 9.75. The van der Waals surface area contributed by atoms with Crippen molar-refractivity contribution in [1.29, 1.82) is 0 Å². The summed E-state index contributed by atoms with van der Waals surface area (Å²) >= 11 is 0. The third-order valence-corrected chi connectivity index (χ3v) is 3.50. The molecule has 1 fully saturated rings. The Balaban J connectivity index is 2.50. The summed E-state index contributed by atoms with van der Waals surface area (Å²) in [5.74, 6) is -5.12. The molecular weight excluding hydrogens is 302 g/mol. The molecule has 0 amide bonds. The second-order valence-corrected chi connectivity index (χ2v) is 5.52. The number of methoxy groups -OCH3 is 2. The van der Waals surface area contributed by atoms with Crippen LogP contribution in [0.15, 0.2) is 12.1 Å². The number of piperidine rings is 1. The first-order valence-electron chi connectivity index (χ1n) is 17.0. The number of nitrogens with zero attached hydrogens (tertiary/aromatic N) is 1. The molecule has 0 aromatic heterocycles. The second kappa shape index (κ2) is 6.57. The van der Waals surface area contributed by atoms with Crippen molar-refractivity contribution in [2.45, 2.75) is 51.8 Å². The van der Waals surface area contributed by atoms with Crippen molar-refractivity contribution in [2.24, 2.45) is 11.3 Å². The topological polar surface area (TPSA) is 41.9 Å². The van der Waals surface area contributed by atoms with Gasteiger partial charge in [-0.15, -0.1) is 0 Å².